The number of aryl methyl sites for hydroxylation is 2. The molecule has 5 nitrogen and oxygen atoms in total. The third kappa shape index (κ3) is 4.42. The van der Waals surface area contributed by atoms with E-state index < -0.39 is 12.1 Å². The summed E-state index contributed by atoms with van der Waals surface area (Å²) >= 11 is 0. The van der Waals surface area contributed by atoms with Gasteiger partial charge < -0.3 is 14.8 Å². The maximum atomic E-state index is 12.6. The Labute approximate surface area is 154 Å². The number of esters is 1. The lowest BCUT2D eigenvalue weighted by Gasteiger charge is -2.18. The van der Waals surface area contributed by atoms with E-state index in [2.05, 4.69) is 5.32 Å². The molecule has 2 aromatic carbocycles. The van der Waals surface area contributed by atoms with Crippen LogP contribution in [0.4, 0.5) is 5.69 Å². The monoisotopic (exact) mass is 355 g/mol. The molecule has 0 aliphatic heterocycles. The van der Waals surface area contributed by atoms with E-state index in [1.807, 2.05) is 32.0 Å². The van der Waals surface area contributed by atoms with Gasteiger partial charge in [0, 0.05) is 5.69 Å². The predicted octanol–water partition coefficient (Wildman–Crippen LogP) is 4.00. The second-order valence-corrected chi connectivity index (χ2v) is 5.90. The van der Waals surface area contributed by atoms with Crippen LogP contribution in [0.3, 0.4) is 0 Å². The van der Waals surface area contributed by atoms with Crippen molar-refractivity contribution in [2.45, 2.75) is 39.7 Å². The summed E-state index contributed by atoms with van der Waals surface area (Å²) in [5.74, 6) is -0.539. The molecule has 2 aromatic rings. The molecule has 0 bridgehead atoms. The first-order valence-electron chi connectivity index (χ1n) is 8.77. The lowest BCUT2D eigenvalue weighted by Crippen LogP contribution is -2.30. The van der Waals surface area contributed by atoms with E-state index in [-0.39, 0.29) is 11.5 Å². The fraction of sp³-hybridized carbons (Fsp3) is 0.333. The molecule has 0 fully saturated rings. The third-order valence-corrected chi connectivity index (χ3v) is 4.23. The molecule has 138 valence electrons. The number of hydrogen-bond donors (Lipinski definition) is 1. The van der Waals surface area contributed by atoms with Crippen molar-refractivity contribution < 1.29 is 19.1 Å². The smallest absolute Gasteiger partial charge is 0.342 e. The van der Waals surface area contributed by atoms with Gasteiger partial charge in [0.15, 0.2) is 6.10 Å². The number of nitrogens with one attached hydrogen (secondary N) is 1. The Hall–Kier alpha value is -2.82. The molecule has 1 N–H and O–H groups in total. The van der Waals surface area contributed by atoms with Crippen molar-refractivity contribution in [1.29, 1.82) is 0 Å². The van der Waals surface area contributed by atoms with Crippen LogP contribution in [0, 0.1) is 0 Å². The number of carbonyl (C=O) groups is 2. The normalized spacial score (nSPS) is 11.5. The summed E-state index contributed by atoms with van der Waals surface area (Å²) in [6, 6.07) is 12.7. The predicted molar refractivity (Wildman–Crippen MR) is 102 cm³/mol. The quantitative estimate of drug-likeness (QED) is 0.762. The summed E-state index contributed by atoms with van der Waals surface area (Å²) < 4.78 is 10.5. The first-order valence-corrected chi connectivity index (χ1v) is 8.77. The summed E-state index contributed by atoms with van der Waals surface area (Å²) in [5, 5.41) is 2.92. The number of hydrogen-bond acceptors (Lipinski definition) is 4. The SMILES string of the molecule is CCc1cccc(CC)c1NC(=O)C(C)OC(=O)c1ccccc1OC. The van der Waals surface area contributed by atoms with Crippen LogP contribution in [0.5, 0.6) is 5.75 Å². The summed E-state index contributed by atoms with van der Waals surface area (Å²) in [6.45, 7) is 5.63. The van der Waals surface area contributed by atoms with E-state index in [1.54, 1.807) is 31.2 Å². The molecular formula is C21H25NO4. The summed E-state index contributed by atoms with van der Waals surface area (Å²) in [7, 11) is 1.48. The zero-order valence-electron chi connectivity index (χ0n) is 15.7. The van der Waals surface area contributed by atoms with E-state index in [4.69, 9.17) is 9.47 Å². The van der Waals surface area contributed by atoms with E-state index >= 15 is 0 Å². The molecule has 0 spiro atoms. The summed E-state index contributed by atoms with van der Waals surface area (Å²) in [6.07, 6.45) is 0.680. The average Bonchev–Trinajstić information content (AvgIpc) is 2.67. The van der Waals surface area contributed by atoms with Gasteiger partial charge in [0.1, 0.15) is 11.3 Å². The highest BCUT2D eigenvalue weighted by Crippen LogP contribution is 2.23. The number of rotatable bonds is 7. The fourth-order valence-corrected chi connectivity index (χ4v) is 2.72. The Morgan fingerprint density at radius 2 is 1.62 bits per heavy atom. The average molecular weight is 355 g/mol. The number of methoxy groups -OCH3 is 1. The molecule has 0 saturated heterocycles. The molecule has 0 aliphatic rings. The largest absolute Gasteiger partial charge is 0.496 e. The Morgan fingerprint density at radius 1 is 1.00 bits per heavy atom. The van der Waals surface area contributed by atoms with Crippen LogP contribution in [-0.2, 0) is 22.4 Å². The van der Waals surface area contributed by atoms with E-state index in [1.165, 1.54) is 7.11 Å². The van der Waals surface area contributed by atoms with Gasteiger partial charge in [-0.2, -0.15) is 0 Å². The van der Waals surface area contributed by atoms with Crippen molar-refractivity contribution in [1.82, 2.24) is 0 Å². The number of ether oxygens (including phenoxy) is 2. The highest BCUT2D eigenvalue weighted by molar-refractivity contribution is 5.99. The van der Waals surface area contributed by atoms with Crippen molar-refractivity contribution >= 4 is 17.6 Å². The minimum absolute atomic E-state index is 0.290. The van der Waals surface area contributed by atoms with Crippen molar-refractivity contribution in [3.63, 3.8) is 0 Å². The number of amides is 1. The van der Waals surface area contributed by atoms with Crippen LogP contribution in [0.15, 0.2) is 42.5 Å². The van der Waals surface area contributed by atoms with Gasteiger partial charge in [0.05, 0.1) is 7.11 Å². The molecular weight excluding hydrogens is 330 g/mol. The Balaban J connectivity index is 2.12. The van der Waals surface area contributed by atoms with Crippen molar-refractivity contribution in [2.24, 2.45) is 0 Å². The molecule has 1 atom stereocenters. The van der Waals surface area contributed by atoms with E-state index in [9.17, 15) is 9.59 Å². The highest BCUT2D eigenvalue weighted by atomic mass is 16.5. The Kier molecular flexibility index (Phi) is 6.78. The van der Waals surface area contributed by atoms with Gasteiger partial charge in [-0.25, -0.2) is 4.79 Å². The zero-order valence-corrected chi connectivity index (χ0v) is 15.7. The van der Waals surface area contributed by atoms with Gasteiger partial charge >= 0.3 is 5.97 Å². The standard InChI is InChI=1S/C21H25NO4/c1-5-15-10-9-11-16(6-2)19(15)22-20(23)14(3)26-21(24)17-12-7-8-13-18(17)25-4/h7-14H,5-6H2,1-4H3,(H,22,23). The zero-order chi connectivity index (χ0) is 19.1. The maximum absolute atomic E-state index is 12.6. The van der Waals surface area contributed by atoms with Gasteiger partial charge in [-0.1, -0.05) is 44.2 Å². The van der Waals surface area contributed by atoms with Crippen LogP contribution in [-0.4, -0.2) is 25.1 Å². The molecule has 0 aromatic heterocycles. The van der Waals surface area contributed by atoms with Crippen molar-refractivity contribution in [2.75, 3.05) is 12.4 Å². The maximum Gasteiger partial charge on any atom is 0.342 e. The Bertz CT molecular complexity index is 763. The third-order valence-electron chi connectivity index (χ3n) is 4.23. The molecule has 0 heterocycles. The van der Waals surface area contributed by atoms with Crippen molar-refractivity contribution in [3.8, 4) is 5.75 Å². The van der Waals surface area contributed by atoms with Crippen LogP contribution >= 0.6 is 0 Å². The lowest BCUT2D eigenvalue weighted by atomic mass is 10.0. The molecule has 2 rings (SSSR count). The number of para-hydroxylation sites is 2. The number of anilines is 1. The molecule has 0 saturated carbocycles. The summed E-state index contributed by atoms with van der Waals surface area (Å²) in [4.78, 5) is 24.9. The summed E-state index contributed by atoms with van der Waals surface area (Å²) in [5.41, 5.74) is 3.21. The van der Waals surface area contributed by atoms with Gasteiger partial charge in [-0.15, -0.1) is 0 Å². The number of carbonyl (C=O) groups excluding carboxylic acids is 2. The lowest BCUT2D eigenvalue weighted by molar-refractivity contribution is -0.123. The van der Waals surface area contributed by atoms with Gasteiger partial charge in [-0.05, 0) is 43.0 Å². The van der Waals surface area contributed by atoms with Gasteiger partial charge in [0.2, 0.25) is 0 Å². The molecule has 26 heavy (non-hydrogen) atoms. The second-order valence-electron chi connectivity index (χ2n) is 5.90. The topological polar surface area (TPSA) is 64.6 Å². The number of benzene rings is 2. The van der Waals surface area contributed by atoms with Crippen molar-refractivity contribution in [3.05, 3.63) is 59.2 Å². The molecule has 0 radical (unpaired) electrons. The first-order chi connectivity index (χ1) is 12.5. The van der Waals surface area contributed by atoms with Gasteiger partial charge in [-0.3, -0.25) is 4.79 Å². The Morgan fingerprint density at radius 3 is 2.19 bits per heavy atom. The van der Waals surface area contributed by atoms with E-state index in [0.717, 1.165) is 29.7 Å². The first kappa shape index (κ1) is 19.5. The molecule has 1 unspecified atom stereocenters. The highest BCUT2D eigenvalue weighted by Gasteiger charge is 2.22. The minimum atomic E-state index is -0.929. The fourth-order valence-electron chi connectivity index (χ4n) is 2.72. The molecule has 1 amide bonds. The molecule has 0 aliphatic carbocycles. The van der Waals surface area contributed by atoms with Crippen LogP contribution in [0.25, 0.3) is 0 Å². The molecule has 5 heteroatoms. The van der Waals surface area contributed by atoms with Gasteiger partial charge in [0.25, 0.3) is 5.91 Å². The van der Waals surface area contributed by atoms with Crippen LogP contribution in [0.1, 0.15) is 42.3 Å². The van der Waals surface area contributed by atoms with Crippen LogP contribution < -0.4 is 10.1 Å². The van der Waals surface area contributed by atoms with Crippen LogP contribution in [0.2, 0.25) is 0 Å². The minimum Gasteiger partial charge on any atom is -0.496 e. The second kappa shape index (κ2) is 9.04. The van der Waals surface area contributed by atoms with E-state index in [0.29, 0.717) is 5.75 Å².